The first-order valence-corrected chi connectivity index (χ1v) is 4.61. The number of hydrogen-bond acceptors (Lipinski definition) is 2. The average molecular weight is 178 g/mol. The Morgan fingerprint density at radius 2 is 2.38 bits per heavy atom. The zero-order valence-electron chi connectivity index (χ0n) is 7.79. The highest BCUT2D eigenvalue weighted by Gasteiger charge is 2.56. The van der Waals surface area contributed by atoms with E-state index in [2.05, 4.69) is 6.58 Å². The molecule has 1 N–H and O–H groups in total. The Labute approximate surface area is 78.0 Å². The fourth-order valence-corrected chi connectivity index (χ4v) is 2.58. The van der Waals surface area contributed by atoms with Gasteiger partial charge in [0.2, 0.25) is 0 Å². The molecule has 0 saturated heterocycles. The van der Waals surface area contributed by atoms with E-state index in [0.717, 1.165) is 6.42 Å². The molecule has 1 saturated carbocycles. The number of rotatable bonds is 1. The van der Waals surface area contributed by atoms with Crippen LogP contribution in [0.1, 0.15) is 19.8 Å². The minimum Gasteiger partial charge on any atom is -0.385 e. The molecule has 0 amide bonds. The Kier molecular flexibility index (Phi) is 1.55. The second kappa shape index (κ2) is 2.32. The molecule has 2 aliphatic rings. The summed E-state index contributed by atoms with van der Waals surface area (Å²) in [6.45, 7) is 5.57. The molecule has 2 rings (SSSR count). The predicted molar refractivity (Wildman–Crippen MR) is 50.1 cm³/mol. The van der Waals surface area contributed by atoms with E-state index in [1.807, 2.05) is 13.0 Å². The number of carbonyl (C=O) groups excluding carboxylic acids is 1. The van der Waals surface area contributed by atoms with E-state index in [9.17, 15) is 9.90 Å². The van der Waals surface area contributed by atoms with Gasteiger partial charge < -0.3 is 5.11 Å². The number of ketones is 1. The van der Waals surface area contributed by atoms with Gasteiger partial charge in [0.1, 0.15) is 0 Å². The Morgan fingerprint density at radius 3 is 3.00 bits per heavy atom. The highest BCUT2D eigenvalue weighted by Crippen LogP contribution is 2.53. The van der Waals surface area contributed by atoms with Gasteiger partial charge >= 0.3 is 0 Å². The number of allylic oxidation sites excluding steroid dienone is 1. The molecule has 0 bridgehead atoms. The lowest BCUT2D eigenvalue weighted by Crippen LogP contribution is -2.36. The fraction of sp³-hybridized carbons (Fsp3) is 0.545. The maximum atomic E-state index is 11.5. The zero-order valence-corrected chi connectivity index (χ0v) is 7.79. The molecule has 70 valence electrons. The lowest BCUT2D eigenvalue weighted by atomic mass is 9.77. The molecule has 2 aliphatic carbocycles. The largest absolute Gasteiger partial charge is 0.385 e. The van der Waals surface area contributed by atoms with Gasteiger partial charge in [-0.15, -0.1) is 6.58 Å². The summed E-state index contributed by atoms with van der Waals surface area (Å²) in [6, 6.07) is 0. The Balaban J connectivity index is 2.43. The number of hydrogen-bond donors (Lipinski definition) is 1. The molecule has 0 unspecified atom stereocenters. The quantitative estimate of drug-likeness (QED) is 0.617. The van der Waals surface area contributed by atoms with E-state index in [4.69, 9.17) is 0 Å². The molecule has 0 aromatic rings. The topological polar surface area (TPSA) is 37.3 Å². The second-order valence-electron chi connectivity index (χ2n) is 4.31. The van der Waals surface area contributed by atoms with Crippen LogP contribution in [-0.4, -0.2) is 16.5 Å². The van der Waals surface area contributed by atoms with Crippen LogP contribution in [-0.2, 0) is 4.79 Å². The molecule has 0 heterocycles. The van der Waals surface area contributed by atoms with Crippen molar-refractivity contribution in [3.8, 4) is 0 Å². The highest BCUT2D eigenvalue weighted by molar-refractivity contribution is 5.98. The van der Waals surface area contributed by atoms with E-state index in [-0.39, 0.29) is 17.1 Å². The minimum atomic E-state index is -0.864. The summed E-state index contributed by atoms with van der Waals surface area (Å²) in [5, 5.41) is 10.1. The van der Waals surface area contributed by atoms with Crippen LogP contribution in [0.4, 0.5) is 0 Å². The molecule has 13 heavy (non-hydrogen) atoms. The SMILES string of the molecule is C=C[C@@]1(O)CC[C@@]2(C)C(=O)C=C[C@@H]12. The Bertz CT molecular complexity index is 305. The third-order valence-electron chi connectivity index (χ3n) is 3.63. The van der Waals surface area contributed by atoms with Crippen molar-refractivity contribution in [1.82, 2.24) is 0 Å². The molecule has 3 atom stereocenters. The maximum Gasteiger partial charge on any atom is 0.161 e. The Hall–Kier alpha value is -0.890. The van der Waals surface area contributed by atoms with Crippen LogP contribution >= 0.6 is 0 Å². The normalized spacial score (nSPS) is 48.2. The minimum absolute atomic E-state index is 0.0648. The first-order chi connectivity index (χ1) is 6.03. The van der Waals surface area contributed by atoms with Gasteiger partial charge in [-0.1, -0.05) is 19.1 Å². The van der Waals surface area contributed by atoms with Gasteiger partial charge in [-0.2, -0.15) is 0 Å². The van der Waals surface area contributed by atoms with Crippen molar-refractivity contribution in [2.75, 3.05) is 0 Å². The highest BCUT2D eigenvalue weighted by atomic mass is 16.3. The lowest BCUT2D eigenvalue weighted by molar-refractivity contribution is -0.123. The number of carbonyl (C=O) groups is 1. The number of aliphatic hydroxyl groups is 1. The molecular weight excluding hydrogens is 164 g/mol. The summed E-state index contributed by atoms with van der Waals surface area (Å²) >= 11 is 0. The molecule has 0 aromatic heterocycles. The number of fused-ring (bicyclic) bond motifs is 1. The van der Waals surface area contributed by atoms with E-state index in [0.29, 0.717) is 6.42 Å². The molecule has 0 radical (unpaired) electrons. The van der Waals surface area contributed by atoms with E-state index in [1.54, 1.807) is 12.2 Å². The van der Waals surface area contributed by atoms with Crippen molar-refractivity contribution < 1.29 is 9.90 Å². The Morgan fingerprint density at radius 1 is 1.69 bits per heavy atom. The maximum absolute atomic E-state index is 11.5. The van der Waals surface area contributed by atoms with Crippen molar-refractivity contribution >= 4 is 5.78 Å². The summed E-state index contributed by atoms with van der Waals surface area (Å²) in [5.41, 5.74) is -1.24. The van der Waals surface area contributed by atoms with E-state index < -0.39 is 5.60 Å². The molecule has 0 aliphatic heterocycles. The van der Waals surface area contributed by atoms with Crippen molar-refractivity contribution in [3.63, 3.8) is 0 Å². The van der Waals surface area contributed by atoms with Crippen LogP contribution in [0, 0.1) is 11.3 Å². The molecule has 2 heteroatoms. The first-order valence-electron chi connectivity index (χ1n) is 4.61. The predicted octanol–water partition coefficient (Wildman–Crippen LogP) is 1.46. The van der Waals surface area contributed by atoms with Gasteiger partial charge in [-0.3, -0.25) is 4.79 Å². The van der Waals surface area contributed by atoms with Crippen molar-refractivity contribution in [2.45, 2.75) is 25.4 Å². The summed E-state index contributed by atoms with van der Waals surface area (Å²) in [6.07, 6.45) is 6.40. The summed E-state index contributed by atoms with van der Waals surface area (Å²) < 4.78 is 0. The third kappa shape index (κ3) is 0.894. The lowest BCUT2D eigenvalue weighted by Gasteiger charge is -2.29. The van der Waals surface area contributed by atoms with Gasteiger partial charge in [-0.05, 0) is 18.9 Å². The van der Waals surface area contributed by atoms with Crippen LogP contribution < -0.4 is 0 Å². The van der Waals surface area contributed by atoms with Crippen molar-refractivity contribution in [2.24, 2.45) is 11.3 Å². The van der Waals surface area contributed by atoms with Gasteiger partial charge in [0, 0.05) is 11.3 Å². The fourth-order valence-electron chi connectivity index (χ4n) is 2.58. The van der Waals surface area contributed by atoms with Crippen LogP contribution in [0.2, 0.25) is 0 Å². The summed E-state index contributed by atoms with van der Waals surface area (Å²) in [4.78, 5) is 11.5. The third-order valence-corrected chi connectivity index (χ3v) is 3.63. The van der Waals surface area contributed by atoms with Gasteiger partial charge in [0.25, 0.3) is 0 Å². The first kappa shape index (κ1) is 8.70. The molecule has 0 spiro atoms. The van der Waals surface area contributed by atoms with Gasteiger partial charge in [0.15, 0.2) is 5.78 Å². The van der Waals surface area contributed by atoms with Crippen LogP contribution in [0.15, 0.2) is 24.8 Å². The smallest absolute Gasteiger partial charge is 0.161 e. The standard InChI is InChI=1S/C11H14O2/c1-3-11(13)7-6-10(2)8(11)4-5-9(10)12/h3-5,8,13H,1,6-7H2,2H3/t8-,10-,11-/m1/s1. The van der Waals surface area contributed by atoms with Gasteiger partial charge in [0.05, 0.1) is 5.60 Å². The van der Waals surface area contributed by atoms with E-state index in [1.165, 1.54) is 0 Å². The van der Waals surface area contributed by atoms with Crippen LogP contribution in [0.25, 0.3) is 0 Å². The van der Waals surface area contributed by atoms with E-state index >= 15 is 0 Å². The van der Waals surface area contributed by atoms with Gasteiger partial charge in [-0.25, -0.2) is 0 Å². The van der Waals surface area contributed by atoms with Crippen LogP contribution in [0.5, 0.6) is 0 Å². The monoisotopic (exact) mass is 178 g/mol. The second-order valence-corrected chi connectivity index (χ2v) is 4.31. The molecule has 0 aromatic carbocycles. The summed E-state index contributed by atoms with van der Waals surface area (Å²) in [5.74, 6) is 0.0836. The van der Waals surface area contributed by atoms with Crippen LogP contribution in [0.3, 0.4) is 0 Å². The summed E-state index contributed by atoms with van der Waals surface area (Å²) in [7, 11) is 0. The average Bonchev–Trinajstić information content (AvgIpc) is 2.54. The zero-order chi connectivity index (χ0) is 9.69. The van der Waals surface area contributed by atoms with Crippen molar-refractivity contribution in [3.05, 3.63) is 24.8 Å². The van der Waals surface area contributed by atoms with Crippen molar-refractivity contribution in [1.29, 1.82) is 0 Å². The molecule has 1 fully saturated rings. The molecular formula is C11H14O2. The molecule has 2 nitrogen and oxygen atoms in total.